The van der Waals surface area contributed by atoms with Crippen molar-refractivity contribution in [2.45, 2.75) is 26.3 Å². The predicted molar refractivity (Wildman–Crippen MR) is 88.3 cm³/mol. The second-order valence-electron chi connectivity index (χ2n) is 5.88. The Bertz CT molecular complexity index is 668. The van der Waals surface area contributed by atoms with Crippen molar-refractivity contribution in [1.29, 1.82) is 0 Å². The monoisotopic (exact) mass is 320 g/mol. The minimum absolute atomic E-state index is 0.185. The van der Waals surface area contributed by atoms with Gasteiger partial charge in [-0.1, -0.05) is 31.5 Å². The zero-order valence-electron chi connectivity index (χ0n) is 13.0. The zero-order chi connectivity index (χ0) is 16.3. The number of nitrogens with two attached hydrogens (primary N) is 1. The first-order chi connectivity index (χ1) is 10.4. The van der Waals surface area contributed by atoms with Gasteiger partial charge < -0.3 is 11.1 Å². The van der Waals surface area contributed by atoms with Crippen LogP contribution in [0.5, 0.6) is 0 Å². The highest BCUT2D eigenvalue weighted by atomic mass is 35.5. The van der Waals surface area contributed by atoms with Gasteiger partial charge in [0.1, 0.15) is 0 Å². The molecule has 1 aromatic carbocycles. The molecule has 1 atom stereocenters. The van der Waals surface area contributed by atoms with Crippen LogP contribution in [-0.2, 0) is 0 Å². The number of aromatic nitrogens is 2. The van der Waals surface area contributed by atoms with Gasteiger partial charge in [-0.2, -0.15) is 5.10 Å². The number of nitrogens with zero attached hydrogens (tertiary/aromatic N) is 2. The molecular formula is C16H21ClN4O. The summed E-state index contributed by atoms with van der Waals surface area (Å²) in [6.07, 6.45) is 3.21. The van der Waals surface area contributed by atoms with Crippen molar-refractivity contribution in [3.05, 3.63) is 47.2 Å². The number of nitrogens with one attached hydrogen (secondary N) is 1. The number of rotatable bonds is 5. The number of hydrogen-bond donors (Lipinski definition) is 2. The average molecular weight is 321 g/mol. The molecule has 0 radical (unpaired) electrons. The van der Waals surface area contributed by atoms with Crippen LogP contribution in [0.25, 0.3) is 5.69 Å². The Morgan fingerprint density at radius 2 is 2.23 bits per heavy atom. The van der Waals surface area contributed by atoms with Crippen LogP contribution in [0.2, 0.25) is 5.02 Å². The Labute approximate surface area is 135 Å². The van der Waals surface area contributed by atoms with Gasteiger partial charge in [0, 0.05) is 17.8 Å². The van der Waals surface area contributed by atoms with Crippen molar-refractivity contribution < 1.29 is 4.79 Å². The molecule has 1 aromatic heterocycles. The fourth-order valence-electron chi connectivity index (χ4n) is 1.96. The fourth-order valence-corrected chi connectivity index (χ4v) is 2.15. The van der Waals surface area contributed by atoms with Gasteiger partial charge in [0.05, 0.1) is 23.0 Å². The first kappa shape index (κ1) is 16.5. The summed E-state index contributed by atoms with van der Waals surface area (Å²) in [4.78, 5) is 12.4. The molecule has 0 saturated carbocycles. The van der Waals surface area contributed by atoms with E-state index in [2.05, 4.69) is 10.4 Å². The van der Waals surface area contributed by atoms with E-state index in [-0.39, 0.29) is 11.8 Å². The standard InChI is InChI=1S/C16H21ClN4O/c1-11(2)16(3,10-18)20-15(22)12-8-19-21(9-12)14-6-4-5-13(17)7-14/h4-9,11H,10,18H2,1-3H3,(H,20,22). The SMILES string of the molecule is CC(C)C(C)(CN)NC(=O)c1cnn(-c2cccc(Cl)c2)c1. The van der Waals surface area contributed by atoms with E-state index < -0.39 is 5.54 Å². The molecule has 1 unspecified atom stereocenters. The second-order valence-corrected chi connectivity index (χ2v) is 6.32. The van der Waals surface area contributed by atoms with Gasteiger partial charge in [0.15, 0.2) is 0 Å². The Morgan fingerprint density at radius 1 is 1.50 bits per heavy atom. The summed E-state index contributed by atoms with van der Waals surface area (Å²) in [6, 6.07) is 7.29. The van der Waals surface area contributed by atoms with E-state index in [0.717, 1.165) is 5.69 Å². The number of carbonyl (C=O) groups excluding carboxylic acids is 1. The molecule has 6 heteroatoms. The molecule has 22 heavy (non-hydrogen) atoms. The van der Waals surface area contributed by atoms with Crippen LogP contribution < -0.4 is 11.1 Å². The Kier molecular flexibility index (Phi) is 4.88. The van der Waals surface area contributed by atoms with E-state index in [1.165, 1.54) is 6.20 Å². The number of benzene rings is 1. The van der Waals surface area contributed by atoms with Crippen molar-refractivity contribution >= 4 is 17.5 Å². The summed E-state index contributed by atoms with van der Waals surface area (Å²) >= 11 is 5.97. The smallest absolute Gasteiger partial charge is 0.254 e. The van der Waals surface area contributed by atoms with Crippen LogP contribution in [0.15, 0.2) is 36.7 Å². The number of carbonyl (C=O) groups is 1. The van der Waals surface area contributed by atoms with E-state index in [1.807, 2.05) is 32.9 Å². The first-order valence-corrected chi connectivity index (χ1v) is 7.56. The average Bonchev–Trinajstić information content (AvgIpc) is 2.97. The van der Waals surface area contributed by atoms with Crippen LogP contribution in [0.4, 0.5) is 0 Å². The molecule has 5 nitrogen and oxygen atoms in total. The third-order valence-corrected chi connectivity index (χ3v) is 4.25. The lowest BCUT2D eigenvalue weighted by Gasteiger charge is -2.33. The molecule has 118 valence electrons. The molecule has 0 spiro atoms. The summed E-state index contributed by atoms with van der Waals surface area (Å²) in [5.74, 6) is 0.0411. The normalized spacial score (nSPS) is 13.9. The highest BCUT2D eigenvalue weighted by Crippen LogP contribution is 2.17. The summed E-state index contributed by atoms with van der Waals surface area (Å²) in [5, 5.41) is 7.83. The summed E-state index contributed by atoms with van der Waals surface area (Å²) in [6.45, 7) is 6.38. The van der Waals surface area contributed by atoms with E-state index in [9.17, 15) is 4.79 Å². The molecule has 1 amide bonds. The number of halogens is 1. The van der Waals surface area contributed by atoms with Crippen molar-refractivity contribution in [3.63, 3.8) is 0 Å². The molecule has 0 bridgehead atoms. The maximum atomic E-state index is 12.4. The summed E-state index contributed by atoms with van der Waals surface area (Å²) in [5.41, 5.74) is 6.64. The molecule has 0 saturated heterocycles. The Balaban J connectivity index is 2.19. The van der Waals surface area contributed by atoms with Crippen LogP contribution in [0, 0.1) is 5.92 Å². The van der Waals surface area contributed by atoms with E-state index >= 15 is 0 Å². The van der Waals surface area contributed by atoms with Crippen LogP contribution >= 0.6 is 11.6 Å². The molecule has 0 aliphatic heterocycles. The molecule has 0 aliphatic carbocycles. The van der Waals surface area contributed by atoms with Crippen LogP contribution in [0.3, 0.4) is 0 Å². The molecule has 2 rings (SSSR count). The van der Waals surface area contributed by atoms with Gasteiger partial charge in [-0.15, -0.1) is 0 Å². The van der Waals surface area contributed by atoms with Crippen LogP contribution in [-0.4, -0.2) is 27.8 Å². The lowest BCUT2D eigenvalue weighted by molar-refractivity contribution is 0.0883. The Morgan fingerprint density at radius 3 is 2.82 bits per heavy atom. The van der Waals surface area contributed by atoms with Gasteiger partial charge in [-0.3, -0.25) is 4.79 Å². The minimum Gasteiger partial charge on any atom is -0.345 e. The molecule has 0 fully saturated rings. The fraction of sp³-hybridized carbons (Fsp3) is 0.375. The largest absolute Gasteiger partial charge is 0.345 e. The zero-order valence-corrected chi connectivity index (χ0v) is 13.8. The van der Waals surface area contributed by atoms with Crippen molar-refractivity contribution in [2.24, 2.45) is 11.7 Å². The highest BCUT2D eigenvalue weighted by molar-refractivity contribution is 6.30. The lowest BCUT2D eigenvalue weighted by Crippen LogP contribution is -2.54. The molecular weight excluding hydrogens is 300 g/mol. The Hall–Kier alpha value is -1.85. The van der Waals surface area contributed by atoms with E-state index in [1.54, 1.807) is 23.0 Å². The molecule has 3 N–H and O–H groups in total. The van der Waals surface area contributed by atoms with Gasteiger partial charge in [-0.05, 0) is 31.0 Å². The third-order valence-electron chi connectivity index (χ3n) is 4.01. The highest BCUT2D eigenvalue weighted by Gasteiger charge is 2.29. The first-order valence-electron chi connectivity index (χ1n) is 7.19. The summed E-state index contributed by atoms with van der Waals surface area (Å²) < 4.78 is 1.62. The van der Waals surface area contributed by atoms with Gasteiger partial charge >= 0.3 is 0 Å². The third kappa shape index (κ3) is 3.48. The minimum atomic E-state index is -0.449. The van der Waals surface area contributed by atoms with Gasteiger partial charge in [0.2, 0.25) is 0 Å². The van der Waals surface area contributed by atoms with Crippen molar-refractivity contribution in [1.82, 2.24) is 15.1 Å². The maximum Gasteiger partial charge on any atom is 0.254 e. The topological polar surface area (TPSA) is 72.9 Å². The van der Waals surface area contributed by atoms with Crippen LogP contribution in [0.1, 0.15) is 31.1 Å². The molecule has 2 aromatic rings. The number of amides is 1. The maximum absolute atomic E-state index is 12.4. The predicted octanol–water partition coefficient (Wildman–Crippen LogP) is 2.63. The van der Waals surface area contributed by atoms with Gasteiger partial charge in [-0.25, -0.2) is 4.68 Å². The summed E-state index contributed by atoms with van der Waals surface area (Å²) in [7, 11) is 0. The van der Waals surface area contributed by atoms with Crippen molar-refractivity contribution in [3.8, 4) is 5.69 Å². The lowest BCUT2D eigenvalue weighted by atomic mass is 9.88. The quantitative estimate of drug-likeness (QED) is 0.889. The number of hydrogen-bond acceptors (Lipinski definition) is 3. The second kappa shape index (κ2) is 6.50. The van der Waals surface area contributed by atoms with Gasteiger partial charge in [0.25, 0.3) is 5.91 Å². The molecule has 1 heterocycles. The van der Waals surface area contributed by atoms with Crippen molar-refractivity contribution in [2.75, 3.05) is 6.54 Å². The van der Waals surface area contributed by atoms with E-state index in [4.69, 9.17) is 17.3 Å². The van der Waals surface area contributed by atoms with E-state index in [0.29, 0.717) is 17.1 Å². The molecule has 0 aliphatic rings.